The molecule has 0 bridgehead atoms. The summed E-state index contributed by atoms with van der Waals surface area (Å²) in [6.07, 6.45) is 0.951. The van der Waals surface area contributed by atoms with Gasteiger partial charge in [-0.05, 0) is 48.7 Å². The van der Waals surface area contributed by atoms with Crippen LogP contribution in [0.3, 0.4) is 0 Å². The van der Waals surface area contributed by atoms with E-state index in [0.29, 0.717) is 42.1 Å². The number of nitrogens with zero attached hydrogens (tertiary/aromatic N) is 1. The largest absolute Gasteiger partial charge is 0.469 e. The number of hydrogen-bond acceptors (Lipinski definition) is 4. The molecule has 0 spiro atoms. The molecule has 0 aliphatic carbocycles. The maximum absolute atomic E-state index is 13.1. The van der Waals surface area contributed by atoms with Gasteiger partial charge in [-0.1, -0.05) is 29.8 Å². The summed E-state index contributed by atoms with van der Waals surface area (Å²) in [6.45, 7) is 0.837. The summed E-state index contributed by atoms with van der Waals surface area (Å²) in [7, 11) is 1.29. The Bertz CT molecular complexity index is 943. The van der Waals surface area contributed by atoms with E-state index < -0.39 is 17.8 Å². The van der Waals surface area contributed by atoms with Crippen LogP contribution in [0.2, 0.25) is 5.02 Å². The number of nitrogens with one attached hydrogen (secondary N) is 1. The first-order valence-electron chi connectivity index (χ1n) is 10.1. The van der Waals surface area contributed by atoms with Gasteiger partial charge < -0.3 is 15.0 Å². The summed E-state index contributed by atoms with van der Waals surface area (Å²) in [5, 5.41) is 3.38. The first-order valence-corrected chi connectivity index (χ1v) is 10.4. The number of hydrogen-bond donors (Lipinski definition) is 1. The van der Waals surface area contributed by atoms with Crippen molar-refractivity contribution in [1.29, 1.82) is 0 Å². The van der Waals surface area contributed by atoms with Crippen molar-refractivity contribution in [3.8, 4) is 0 Å². The summed E-state index contributed by atoms with van der Waals surface area (Å²) in [5.74, 6) is -1.52. The van der Waals surface area contributed by atoms with Crippen molar-refractivity contribution in [3.05, 3.63) is 70.5 Å². The van der Waals surface area contributed by atoms with Crippen molar-refractivity contribution in [1.82, 2.24) is 10.2 Å². The molecular weight excluding hydrogens is 423 g/mol. The summed E-state index contributed by atoms with van der Waals surface area (Å²) in [6, 6.07) is 11.8. The second-order valence-corrected chi connectivity index (χ2v) is 7.84. The molecule has 0 aromatic heterocycles. The maximum Gasteiger partial charge on any atom is 0.307 e. The fourth-order valence-electron chi connectivity index (χ4n) is 3.66. The van der Waals surface area contributed by atoms with Crippen LogP contribution >= 0.6 is 11.6 Å². The molecule has 164 valence electrons. The van der Waals surface area contributed by atoms with E-state index in [2.05, 4.69) is 5.32 Å². The lowest BCUT2D eigenvalue weighted by Gasteiger charge is -2.32. The van der Waals surface area contributed by atoms with Crippen molar-refractivity contribution >= 4 is 29.4 Å². The highest BCUT2D eigenvalue weighted by molar-refractivity contribution is 6.31. The van der Waals surface area contributed by atoms with Gasteiger partial charge in [0.2, 0.25) is 5.91 Å². The van der Waals surface area contributed by atoms with E-state index in [4.69, 9.17) is 16.3 Å². The fraction of sp³-hybridized carbons (Fsp3) is 0.348. The molecule has 0 saturated carbocycles. The Morgan fingerprint density at radius 3 is 2.39 bits per heavy atom. The van der Waals surface area contributed by atoms with E-state index in [9.17, 15) is 18.8 Å². The fourth-order valence-corrected chi connectivity index (χ4v) is 3.92. The summed E-state index contributed by atoms with van der Waals surface area (Å²) < 4.78 is 17.8. The van der Waals surface area contributed by atoms with Gasteiger partial charge in [0.1, 0.15) is 5.82 Å². The van der Waals surface area contributed by atoms with Crippen molar-refractivity contribution in [3.63, 3.8) is 0 Å². The second-order valence-electron chi connectivity index (χ2n) is 7.44. The number of methoxy groups -OCH3 is 1. The van der Waals surface area contributed by atoms with Gasteiger partial charge in [0.25, 0.3) is 5.91 Å². The molecule has 31 heavy (non-hydrogen) atoms. The van der Waals surface area contributed by atoms with Crippen LogP contribution < -0.4 is 5.32 Å². The van der Waals surface area contributed by atoms with E-state index in [1.807, 2.05) is 0 Å². The van der Waals surface area contributed by atoms with Gasteiger partial charge in [-0.25, -0.2) is 4.39 Å². The number of esters is 1. The quantitative estimate of drug-likeness (QED) is 0.686. The van der Waals surface area contributed by atoms with Crippen LogP contribution in [0.4, 0.5) is 4.39 Å². The third-order valence-electron chi connectivity index (χ3n) is 5.44. The number of halogens is 2. The standard InChI is InChI=1S/C23H24ClFN2O4/c1-31-21(28)14-20(18-4-2-3-5-19(18)24)26-22(29)15-10-12-27(13-11-15)23(30)16-6-8-17(25)9-7-16/h2-9,15,20H,10-14H2,1H3,(H,26,29). The molecule has 1 N–H and O–H groups in total. The monoisotopic (exact) mass is 446 g/mol. The average molecular weight is 447 g/mol. The summed E-state index contributed by atoms with van der Waals surface area (Å²) in [4.78, 5) is 39.0. The van der Waals surface area contributed by atoms with Crippen LogP contribution in [0, 0.1) is 11.7 Å². The maximum atomic E-state index is 13.1. The van der Waals surface area contributed by atoms with Gasteiger partial charge in [0.05, 0.1) is 19.6 Å². The number of benzene rings is 2. The predicted octanol–water partition coefficient (Wildman–Crippen LogP) is 3.75. The van der Waals surface area contributed by atoms with Crippen LogP contribution in [-0.4, -0.2) is 42.9 Å². The number of likely N-dealkylation sites (tertiary alicyclic amines) is 1. The Balaban J connectivity index is 1.62. The smallest absolute Gasteiger partial charge is 0.307 e. The molecule has 2 aromatic rings. The Labute approximate surface area is 185 Å². The van der Waals surface area contributed by atoms with Gasteiger partial charge in [-0.3, -0.25) is 14.4 Å². The molecule has 8 heteroatoms. The number of ether oxygens (including phenoxy) is 1. The number of rotatable bonds is 6. The minimum absolute atomic E-state index is 0.0339. The Hall–Kier alpha value is -2.93. The van der Waals surface area contributed by atoms with Crippen molar-refractivity contribution in [2.45, 2.75) is 25.3 Å². The SMILES string of the molecule is COC(=O)CC(NC(=O)C1CCN(C(=O)c2ccc(F)cc2)CC1)c1ccccc1Cl. The van der Waals surface area contributed by atoms with E-state index in [-0.39, 0.29) is 24.2 Å². The molecule has 3 rings (SSSR count). The minimum atomic E-state index is -0.604. The van der Waals surface area contributed by atoms with E-state index in [1.54, 1.807) is 29.2 Å². The number of amides is 2. The molecular formula is C23H24ClFN2O4. The highest BCUT2D eigenvalue weighted by atomic mass is 35.5. The molecule has 1 aliphatic heterocycles. The lowest BCUT2D eigenvalue weighted by atomic mass is 9.94. The minimum Gasteiger partial charge on any atom is -0.469 e. The highest BCUT2D eigenvalue weighted by Crippen LogP contribution is 2.27. The topological polar surface area (TPSA) is 75.7 Å². The predicted molar refractivity (Wildman–Crippen MR) is 114 cm³/mol. The Kier molecular flexibility index (Phi) is 7.63. The molecule has 1 unspecified atom stereocenters. The lowest BCUT2D eigenvalue weighted by Crippen LogP contribution is -2.44. The number of carbonyl (C=O) groups is 3. The molecule has 1 aliphatic rings. The van der Waals surface area contributed by atoms with Crippen LogP contribution in [0.5, 0.6) is 0 Å². The summed E-state index contributed by atoms with van der Waals surface area (Å²) >= 11 is 6.27. The molecule has 1 saturated heterocycles. The normalized spacial score (nSPS) is 15.3. The van der Waals surface area contributed by atoms with Crippen molar-refractivity contribution in [2.24, 2.45) is 5.92 Å². The number of piperidine rings is 1. The van der Waals surface area contributed by atoms with Gasteiger partial charge in [-0.15, -0.1) is 0 Å². The highest BCUT2D eigenvalue weighted by Gasteiger charge is 2.30. The van der Waals surface area contributed by atoms with Crippen LogP contribution in [-0.2, 0) is 14.3 Å². The lowest BCUT2D eigenvalue weighted by molar-refractivity contribution is -0.141. The molecule has 0 radical (unpaired) electrons. The van der Waals surface area contributed by atoms with Crippen LogP contribution in [0.1, 0.15) is 41.2 Å². The van der Waals surface area contributed by atoms with Crippen LogP contribution in [0.15, 0.2) is 48.5 Å². The second kappa shape index (κ2) is 10.4. The van der Waals surface area contributed by atoms with Crippen molar-refractivity contribution < 1.29 is 23.5 Å². The van der Waals surface area contributed by atoms with Gasteiger partial charge >= 0.3 is 5.97 Å². The Morgan fingerprint density at radius 2 is 1.77 bits per heavy atom. The first-order chi connectivity index (χ1) is 14.9. The summed E-state index contributed by atoms with van der Waals surface area (Å²) in [5.41, 5.74) is 1.06. The molecule has 1 heterocycles. The molecule has 1 atom stereocenters. The molecule has 2 amide bonds. The zero-order valence-electron chi connectivity index (χ0n) is 17.1. The number of carbonyl (C=O) groups excluding carboxylic acids is 3. The molecule has 2 aromatic carbocycles. The van der Waals surface area contributed by atoms with Crippen LogP contribution in [0.25, 0.3) is 0 Å². The zero-order chi connectivity index (χ0) is 22.4. The van der Waals surface area contributed by atoms with Gasteiger partial charge in [0, 0.05) is 29.6 Å². The molecule has 1 fully saturated rings. The first kappa shape index (κ1) is 22.7. The van der Waals surface area contributed by atoms with E-state index in [1.165, 1.54) is 31.4 Å². The van der Waals surface area contributed by atoms with E-state index in [0.717, 1.165) is 0 Å². The van der Waals surface area contributed by atoms with Gasteiger partial charge in [-0.2, -0.15) is 0 Å². The van der Waals surface area contributed by atoms with Crippen molar-refractivity contribution in [2.75, 3.05) is 20.2 Å². The third-order valence-corrected chi connectivity index (χ3v) is 5.78. The van der Waals surface area contributed by atoms with Gasteiger partial charge in [0.15, 0.2) is 0 Å². The van der Waals surface area contributed by atoms with E-state index >= 15 is 0 Å². The zero-order valence-corrected chi connectivity index (χ0v) is 17.9. The Morgan fingerprint density at radius 1 is 1.13 bits per heavy atom. The average Bonchev–Trinajstić information content (AvgIpc) is 2.79. The third kappa shape index (κ3) is 5.82. The molecule has 6 nitrogen and oxygen atoms in total.